The first-order chi connectivity index (χ1) is 15.8. The highest BCUT2D eigenvalue weighted by molar-refractivity contribution is 5.74. The van der Waals surface area contributed by atoms with Crippen LogP contribution in [-0.4, -0.2) is 57.1 Å². The van der Waals surface area contributed by atoms with Crippen LogP contribution < -0.4 is 10.6 Å². The minimum atomic E-state index is -0.905. The zero-order valence-electron chi connectivity index (χ0n) is 18.5. The number of rotatable bonds is 9. The second kappa shape index (κ2) is 11.3. The first-order valence-corrected chi connectivity index (χ1v) is 11.0. The minimum Gasteiger partial charge on any atom is -0.481 e. The van der Waals surface area contributed by atoms with Crippen LogP contribution in [-0.2, 0) is 11.3 Å². The second-order valence-corrected chi connectivity index (χ2v) is 8.23. The SMILES string of the molecule is CC(Nc1ccccn1)C(CCNC(=O)N1CCC(CC(=O)O)c2ccccc2C1)[N+](=O)[O-]. The molecule has 1 aromatic carbocycles. The minimum absolute atomic E-state index is 0.0121. The van der Waals surface area contributed by atoms with Gasteiger partial charge in [-0.15, -0.1) is 0 Å². The van der Waals surface area contributed by atoms with Crippen molar-refractivity contribution >= 4 is 17.8 Å². The molecule has 3 N–H and O–H groups in total. The van der Waals surface area contributed by atoms with Crippen LogP contribution >= 0.6 is 0 Å². The average molecular weight is 456 g/mol. The van der Waals surface area contributed by atoms with Crippen molar-refractivity contribution in [3.63, 3.8) is 0 Å². The van der Waals surface area contributed by atoms with Crippen LogP contribution in [0.15, 0.2) is 48.7 Å². The monoisotopic (exact) mass is 455 g/mol. The zero-order valence-corrected chi connectivity index (χ0v) is 18.5. The molecule has 0 spiro atoms. The number of nitro groups is 1. The first-order valence-electron chi connectivity index (χ1n) is 11.0. The Morgan fingerprint density at radius 3 is 2.73 bits per heavy atom. The van der Waals surface area contributed by atoms with Gasteiger partial charge in [0.05, 0.1) is 12.5 Å². The van der Waals surface area contributed by atoms with Gasteiger partial charge in [0, 0.05) is 37.2 Å². The molecule has 2 amide bonds. The largest absolute Gasteiger partial charge is 0.481 e. The number of amides is 2. The van der Waals surface area contributed by atoms with Gasteiger partial charge in [0.25, 0.3) is 0 Å². The van der Waals surface area contributed by atoms with Crippen LogP contribution in [0.5, 0.6) is 0 Å². The molecule has 176 valence electrons. The van der Waals surface area contributed by atoms with Gasteiger partial charge >= 0.3 is 12.0 Å². The number of carboxylic acid groups (broad SMARTS) is 1. The number of aromatic nitrogens is 1. The molecule has 0 radical (unpaired) electrons. The zero-order chi connectivity index (χ0) is 23.8. The number of nitrogens with zero attached hydrogens (tertiary/aromatic N) is 3. The Morgan fingerprint density at radius 2 is 2.03 bits per heavy atom. The summed E-state index contributed by atoms with van der Waals surface area (Å²) in [5.41, 5.74) is 1.88. The van der Waals surface area contributed by atoms with Gasteiger partial charge < -0.3 is 20.6 Å². The van der Waals surface area contributed by atoms with E-state index >= 15 is 0 Å². The van der Waals surface area contributed by atoms with E-state index in [4.69, 9.17) is 0 Å². The number of benzene rings is 1. The Labute approximate surface area is 192 Å². The number of hydrogen-bond donors (Lipinski definition) is 3. The Morgan fingerprint density at radius 1 is 1.27 bits per heavy atom. The quantitative estimate of drug-likeness (QED) is 0.390. The van der Waals surface area contributed by atoms with E-state index in [1.165, 1.54) is 0 Å². The summed E-state index contributed by atoms with van der Waals surface area (Å²) < 4.78 is 0. The maximum atomic E-state index is 12.8. The number of carbonyl (C=O) groups is 2. The van der Waals surface area contributed by atoms with E-state index in [0.717, 1.165) is 11.1 Å². The van der Waals surface area contributed by atoms with Gasteiger partial charge in [-0.05, 0) is 42.5 Å². The van der Waals surface area contributed by atoms with Crippen molar-refractivity contribution in [2.75, 3.05) is 18.4 Å². The van der Waals surface area contributed by atoms with Crippen molar-refractivity contribution in [3.8, 4) is 0 Å². The number of pyridine rings is 1. The number of fused-ring (bicyclic) bond motifs is 1. The lowest BCUT2D eigenvalue weighted by Crippen LogP contribution is -2.43. The van der Waals surface area contributed by atoms with Gasteiger partial charge in [-0.1, -0.05) is 30.3 Å². The maximum absolute atomic E-state index is 12.8. The van der Waals surface area contributed by atoms with Crippen molar-refractivity contribution in [1.29, 1.82) is 0 Å². The standard InChI is InChI=1S/C23H29N5O5/c1-16(26-21-8-4-5-11-24-21)20(28(32)33)9-12-25-23(31)27-13-10-17(14-22(29)30)19-7-3-2-6-18(19)15-27/h2-8,11,16-17,20H,9-10,12-15H2,1H3,(H,24,26)(H,25,31)(H,29,30). The summed E-state index contributed by atoms with van der Waals surface area (Å²) in [6.45, 7) is 2.65. The number of nitrogens with one attached hydrogen (secondary N) is 2. The van der Waals surface area contributed by atoms with E-state index in [0.29, 0.717) is 25.3 Å². The van der Waals surface area contributed by atoms with Gasteiger partial charge in [-0.2, -0.15) is 0 Å². The summed E-state index contributed by atoms with van der Waals surface area (Å²) in [6, 6.07) is 11.2. The molecule has 10 nitrogen and oxygen atoms in total. The fourth-order valence-corrected chi connectivity index (χ4v) is 4.18. The smallest absolute Gasteiger partial charge is 0.317 e. The first kappa shape index (κ1) is 24.0. The fourth-order valence-electron chi connectivity index (χ4n) is 4.18. The molecule has 33 heavy (non-hydrogen) atoms. The van der Waals surface area contributed by atoms with Crippen LogP contribution in [0.25, 0.3) is 0 Å². The number of carboxylic acids is 1. The van der Waals surface area contributed by atoms with Crippen LogP contribution in [0.4, 0.5) is 10.6 Å². The van der Waals surface area contributed by atoms with Gasteiger partial charge in [-0.25, -0.2) is 9.78 Å². The summed E-state index contributed by atoms with van der Waals surface area (Å²) >= 11 is 0. The van der Waals surface area contributed by atoms with Gasteiger partial charge in [0.1, 0.15) is 5.82 Å². The number of urea groups is 1. The lowest BCUT2D eigenvalue weighted by atomic mass is 9.90. The molecule has 0 aliphatic carbocycles. The van der Waals surface area contributed by atoms with E-state index in [-0.39, 0.29) is 36.3 Å². The molecule has 3 atom stereocenters. The van der Waals surface area contributed by atoms with Crippen LogP contribution in [0, 0.1) is 10.1 Å². The fraction of sp³-hybridized carbons (Fsp3) is 0.435. The summed E-state index contributed by atoms with van der Waals surface area (Å²) in [7, 11) is 0. The molecule has 0 saturated heterocycles. The molecule has 3 rings (SSSR count). The predicted molar refractivity (Wildman–Crippen MR) is 123 cm³/mol. The third-order valence-electron chi connectivity index (χ3n) is 5.92. The van der Waals surface area contributed by atoms with E-state index in [2.05, 4.69) is 15.6 Å². The summed E-state index contributed by atoms with van der Waals surface area (Å²) in [4.78, 5) is 41.1. The molecule has 0 bridgehead atoms. The molecule has 2 aromatic rings. The highest BCUT2D eigenvalue weighted by atomic mass is 16.6. The Kier molecular flexibility index (Phi) is 8.17. The van der Waals surface area contributed by atoms with Crippen molar-refractivity contribution in [2.24, 2.45) is 0 Å². The molecule has 1 aliphatic heterocycles. The lowest BCUT2D eigenvalue weighted by molar-refractivity contribution is -0.524. The summed E-state index contributed by atoms with van der Waals surface area (Å²) in [5.74, 6) is -0.471. The Bertz CT molecular complexity index is 971. The number of hydrogen-bond acceptors (Lipinski definition) is 6. The van der Waals surface area contributed by atoms with Crippen molar-refractivity contribution < 1.29 is 19.6 Å². The molecular formula is C23H29N5O5. The van der Waals surface area contributed by atoms with Crippen LogP contribution in [0.2, 0.25) is 0 Å². The third kappa shape index (κ3) is 6.64. The Hall–Kier alpha value is -3.69. The molecule has 1 aromatic heterocycles. The lowest BCUT2D eigenvalue weighted by Gasteiger charge is -2.23. The molecule has 0 saturated carbocycles. The van der Waals surface area contributed by atoms with Crippen molar-refractivity contribution in [3.05, 3.63) is 69.9 Å². The van der Waals surface area contributed by atoms with E-state index in [1.807, 2.05) is 24.3 Å². The normalized spacial score (nSPS) is 17.2. The van der Waals surface area contributed by atoms with Gasteiger partial charge in [-0.3, -0.25) is 14.9 Å². The second-order valence-electron chi connectivity index (χ2n) is 8.23. The highest BCUT2D eigenvalue weighted by Crippen LogP contribution is 2.31. The van der Waals surface area contributed by atoms with E-state index in [1.54, 1.807) is 36.2 Å². The topological polar surface area (TPSA) is 138 Å². The third-order valence-corrected chi connectivity index (χ3v) is 5.92. The highest BCUT2D eigenvalue weighted by Gasteiger charge is 2.29. The molecule has 3 unspecified atom stereocenters. The molecule has 0 fully saturated rings. The van der Waals surface area contributed by atoms with Gasteiger partial charge in [0.2, 0.25) is 6.04 Å². The predicted octanol–water partition coefficient (Wildman–Crippen LogP) is 3.09. The van der Waals surface area contributed by atoms with Crippen LogP contribution in [0.1, 0.15) is 43.2 Å². The van der Waals surface area contributed by atoms with Gasteiger partial charge in [0.15, 0.2) is 0 Å². The molecule has 10 heteroatoms. The van der Waals surface area contributed by atoms with E-state index in [9.17, 15) is 24.8 Å². The maximum Gasteiger partial charge on any atom is 0.317 e. The van der Waals surface area contributed by atoms with Crippen molar-refractivity contribution in [2.45, 2.75) is 50.7 Å². The number of carbonyl (C=O) groups excluding carboxylic acids is 1. The summed E-state index contributed by atoms with van der Waals surface area (Å²) in [6.07, 6.45) is 2.32. The average Bonchev–Trinajstić information content (AvgIpc) is 2.96. The molecular weight excluding hydrogens is 426 g/mol. The van der Waals surface area contributed by atoms with Crippen molar-refractivity contribution in [1.82, 2.24) is 15.2 Å². The number of aliphatic carboxylic acids is 1. The summed E-state index contributed by atoms with van der Waals surface area (Å²) in [5, 5.41) is 26.7. The molecule has 2 heterocycles. The Balaban J connectivity index is 1.57. The number of anilines is 1. The van der Waals surface area contributed by atoms with Crippen LogP contribution in [0.3, 0.4) is 0 Å². The van der Waals surface area contributed by atoms with E-state index < -0.39 is 18.1 Å². The molecule has 1 aliphatic rings.